The molecule has 0 saturated heterocycles. The molecule has 0 radical (unpaired) electrons. The average Bonchev–Trinajstić information content (AvgIpc) is 2.94. The topological polar surface area (TPSA) is 68.0 Å². The second kappa shape index (κ2) is 8.30. The molecule has 1 amide bonds. The number of aromatic nitrogens is 1. The van der Waals surface area contributed by atoms with Crippen LogP contribution in [0, 0.1) is 5.92 Å². The Labute approximate surface area is 143 Å². The normalized spacial score (nSPS) is 23.0. The van der Waals surface area contributed by atoms with Crippen LogP contribution in [0.5, 0.6) is 0 Å². The van der Waals surface area contributed by atoms with Crippen molar-refractivity contribution >= 4 is 29.7 Å². The Bertz CT molecular complexity index is 524. The summed E-state index contributed by atoms with van der Waals surface area (Å²) >= 11 is 0.928. The average molecular weight is 372 g/mol. The molecule has 0 bridgehead atoms. The van der Waals surface area contributed by atoms with Gasteiger partial charge in [-0.1, -0.05) is 13.3 Å². The molecule has 1 heterocycles. The Morgan fingerprint density at radius 2 is 2.22 bits per heavy atom. The first-order chi connectivity index (χ1) is 10.3. The van der Waals surface area contributed by atoms with E-state index >= 15 is 0 Å². The quantitative estimate of drug-likeness (QED) is 0.848. The van der Waals surface area contributed by atoms with Gasteiger partial charge < -0.3 is 11.1 Å². The Morgan fingerprint density at radius 3 is 2.74 bits per heavy atom. The summed E-state index contributed by atoms with van der Waals surface area (Å²) in [7, 11) is 0. The van der Waals surface area contributed by atoms with Gasteiger partial charge >= 0.3 is 6.18 Å². The van der Waals surface area contributed by atoms with Crippen LogP contribution in [0.25, 0.3) is 0 Å². The molecule has 1 aliphatic carbocycles. The van der Waals surface area contributed by atoms with Crippen molar-refractivity contribution in [2.75, 3.05) is 0 Å². The van der Waals surface area contributed by atoms with Crippen LogP contribution in [0.3, 0.4) is 0 Å². The van der Waals surface area contributed by atoms with Crippen molar-refractivity contribution in [1.29, 1.82) is 0 Å². The lowest BCUT2D eigenvalue weighted by Crippen LogP contribution is -2.39. The van der Waals surface area contributed by atoms with Crippen LogP contribution in [0.4, 0.5) is 13.2 Å². The number of rotatable bonds is 4. The zero-order valence-electron chi connectivity index (χ0n) is 12.7. The first-order valence-electron chi connectivity index (χ1n) is 7.39. The van der Waals surface area contributed by atoms with Crippen molar-refractivity contribution in [1.82, 2.24) is 10.3 Å². The standard InChI is InChI=1S/C14H20F3N3OS.ClH/c1-2-10(13-20-11(7-22-13)14(15,16)17)19-12(21)8-4-3-5-9(18)6-8;/h7-10H,2-6,18H2,1H3,(H,19,21);1H. The molecular formula is C14H21ClF3N3OS. The largest absolute Gasteiger partial charge is 0.434 e. The van der Waals surface area contributed by atoms with Crippen LogP contribution in [0.2, 0.25) is 0 Å². The Balaban J connectivity index is 0.00000264. The first-order valence-corrected chi connectivity index (χ1v) is 8.27. The number of amides is 1. The van der Waals surface area contributed by atoms with E-state index in [4.69, 9.17) is 5.73 Å². The molecule has 1 aliphatic rings. The molecule has 9 heteroatoms. The van der Waals surface area contributed by atoms with E-state index in [0.717, 1.165) is 36.0 Å². The molecule has 4 nitrogen and oxygen atoms in total. The monoisotopic (exact) mass is 371 g/mol. The SMILES string of the molecule is CCC(NC(=O)C1CCCC(N)C1)c1nc(C(F)(F)F)cs1.Cl. The third kappa shape index (κ3) is 5.32. The number of hydrogen-bond donors (Lipinski definition) is 2. The smallest absolute Gasteiger partial charge is 0.347 e. The molecule has 0 spiro atoms. The molecule has 0 aliphatic heterocycles. The minimum atomic E-state index is -4.45. The first kappa shape index (κ1) is 20.2. The molecule has 3 unspecified atom stereocenters. The number of thiazole rings is 1. The molecule has 1 saturated carbocycles. The van der Waals surface area contributed by atoms with Crippen molar-refractivity contribution < 1.29 is 18.0 Å². The van der Waals surface area contributed by atoms with E-state index in [-0.39, 0.29) is 30.3 Å². The highest BCUT2D eigenvalue weighted by atomic mass is 35.5. The number of alkyl halides is 3. The van der Waals surface area contributed by atoms with E-state index in [1.54, 1.807) is 0 Å². The fourth-order valence-corrected chi connectivity index (χ4v) is 3.63. The molecule has 2 rings (SSSR count). The van der Waals surface area contributed by atoms with E-state index in [0.29, 0.717) is 17.8 Å². The maximum Gasteiger partial charge on any atom is 0.434 e. The van der Waals surface area contributed by atoms with E-state index < -0.39 is 17.9 Å². The Morgan fingerprint density at radius 1 is 1.52 bits per heavy atom. The van der Waals surface area contributed by atoms with Gasteiger partial charge in [-0.2, -0.15) is 13.2 Å². The van der Waals surface area contributed by atoms with E-state index in [2.05, 4.69) is 10.3 Å². The number of nitrogens with zero attached hydrogens (tertiary/aromatic N) is 1. The third-order valence-electron chi connectivity index (χ3n) is 3.92. The van der Waals surface area contributed by atoms with Crippen LogP contribution in [0.15, 0.2) is 5.38 Å². The molecule has 1 fully saturated rings. The van der Waals surface area contributed by atoms with E-state index in [1.165, 1.54) is 0 Å². The summed E-state index contributed by atoms with van der Waals surface area (Å²) in [6.07, 6.45) is -0.716. The zero-order chi connectivity index (χ0) is 16.3. The molecule has 132 valence electrons. The van der Waals surface area contributed by atoms with Crippen LogP contribution >= 0.6 is 23.7 Å². The fraction of sp³-hybridized carbons (Fsp3) is 0.714. The summed E-state index contributed by atoms with van der Waals surface area (Å²) < 4.78 is 37.8. The minimum absolute atomic E-state index is 0. The highest BCUT2D eigenvalue weighted by Crippen LogP contribution is 2.32. The molecule has 23 heavy (non-hydrogen) atoms. The van der Waals surface area contributed by atoms with Gasteiger partial charge in [0.25, 0.3) is 0 Å². The number of halogens is 4. The zero-order valence-corrected chi connectivity index (χ0v) is 14.4. The number of carbonyl (C=O) groups is 1. The highest BCUT2D eigenvalue weighted by Gasteiger charge is 2.35. The summed E-state index contributed by atoms with van der Waals surface area (Å²) in [5.74, 6) is -0.286. The lowest BCUT2D eigenvalue weighted by atomic mass is 9.85. The molecule has 1 aromatic rings. The van der Waals surface area contributed by atoms with Gasteiger partial charge in [-0.15, -0.1) is 23.7 Å². The predicted octanol–water partition coefficient (Wildman–Crippen LogP) is 3.67. The van der Waals surface area contributed by atoms with Crippen molar-refractivity contribution in [3.05, 3.63) is 16.1 Å². The third-order valence-corrected chi connectivity index (χ3v) is 4.88. The van der Waals surface area contributed by atoms with Crippen LogP contribution in [-0.2, 0) is 11.0 Å². The summed E-state index contributed by atoms with van der Waals surface area (Å²) in [5, 5.41) is 4.11. The maximum absolute atomic E-state index is 12.6. The number of nitrogens with two attached hydrogens (primary N) is 1. The molecule has 1 aromatic heterocycles. The van der Waals surface area contributed by atoms with Crippen LogP contribution in [0.1, 0.15) is 55.8 Å². The summed E-state index contributed by atoms with van der Waals surface area (Å²) in [4.78, 5) is 15.9. The summed E-state index contributed by atoms with van der Waals surface area (Å²) in [6, 6.07) is -0.451. The van der Waals surface area contributed by atoms with Gasteiger partial charge in [0.15, 0.2) is 5.69 Å². The van der Waals surface area contributed by atoms with Crippen molar-refractivity contribution in [2.24, 2.45) is 11.7 Å². The lowest BCUT2D eigenvalue weighted by Gasteiger charge is -2.27. The van der Waals surface area contributed by atoms with Gasteiger partial charge in [-0.3, -0.25) is 4.79 Å². The van der Waals surface area contributed by atoms with Gasteiger partial charge in [0.1, 0.15) is 5.01 Å². The Kier molecular flexibility index (Phi) is 7.29. The second-order valence-electron chi connectivity index (χ2n) is 5.66. The van der Waals surface area contributed by atoms with Gasteiger partial charge in [0, 0.05) is 17.3 Å². The van der Waals surface area contributed by atoms with Crippen LogP contribution in [-0.4, -0.2) is 16.9 Å². The molecule has 0 aromatic carbocycles. The fourth-order valence-electron chi connectivity index (χ4n) is 2.67. The number of hydrogen-bond acceptors (Lipinski definition) is 4. The Hall–Kier alpha value is -0.860. The lowest BCUT2D eigenvalue weighted by molar-refractivity contribution is -0.140. The highest BCUT2D eigenvalue weighted by molar-refractivity contribution is 7.09. The van der Waals surface area contributed by atoms with Crippen molar-refractivity contribution in [3.63, 3.8) is 0 Å². The second-order valence-corrected chi connectivity index (χ2v) is 6.55. The summed E-state index contributed by atoms with van der Waals surface area (Å²) in [6.45, 7) is 1.81. The summed E-state index contributed by atoms with van der Waals surface area (Å²) in [5.41, 5.74) is 4.97. The van der Waals surface area contributed by atoms with Gasteiger partial charge in [0.2, 0.25) is 5.91 Å². The number of carbonyl (C=O) groups excluding carboxylic acids is 1. The van der Waals surface area contributed by atoms with Gasteiger partial charge in [-0.05, 0) is 25.7 Å². The minimum Gasteiger partial charge on any atom is -0.347 e. The number of nitrogens with one attached hydrogen (secondary N) is 1. The van der Waals surface area contributed by atoms with E-state index in [9.17, 15) is 18.0 Å². The van der Waals surface area contributed by atoms with Crippen LogP contribution < -0.4 is 11.1 Å². The van der Waals surface area contributed by atoms with Crippen molar-refractivity contribution in [2.45, 2.75) is 57.3 Å². The van der Waals surface area contributed by atoms with Crippen molar-refractivity contribution in [3.8, 4) is 0 Å². The van der Waals surface area contributed by atoms with E-state index in [1.807, 2.05) is 6.92 Å². The molecular weight excluding hydrogens is 351 g/mol. The molecule has 3 N–H and O–H groups in total. The van der Waals surface area contributed by atoms with Gasteiger partial charge in [-0.25, -0.2) is 4.98 Å². The van der Waals surface area contributed by atoms with Gasteiger partial charge in [0.05, 0.1) is 6.04 Å². The predicted molar refractivity (Wildman–Crippen MR) is 85.5 cm³/mol. The maximum atomic E-state index is 12.6. The molecule has 3 atom stereocenters.